The van der Waals surface area contributed by atoms with Crippen molar-refractivity contribution in [1.29, 1.82) is 0 Å². The molecule has 0 N–H and O–H groups in total. The van der Waals surface area contributed by atoms with Crippen molar-refractivity contribution in [1.82, 2.24) is 15.0 Å². The Morgan fingerprint density at radius 1 is 0.500 bits per heavy atom. The number of aromatic nitrogens is 3. The van der Waals surface area contributed by atoms with Gasteiger partial charge < -0.3 is 4.42 Å². The molecule has 0 bridgehead atoms. The van der Waals surface area contributed by atoms with E-state index in [4.69, 9.17) is 9.40 Å². The zero-order valence-electron chi connectivity index (χ0n) is 25.5. The van der Waals surface area contributed by atoms with Gasteiger partial charge in [-0.15, -0.1) is 0 Å². The van der Waals surface area contributed by atoms with Crippen molar-refractivity contribution >= 4 is 54.3 Å². The van der Waals surface area contributed by atoms with E-state index < -0.39 is 0 Å². The minimum Gasteiger partial charge on any atom is -0.456 e. The third-order valence-electron chi connectivity index (χ3n) is 9.17. The summed E-state index contributed by atoms with van der Waals surface area (Å²) in [5.74, 6) is 1.67. The Morgan fingerprint density at radius 3 is 2.09 bits per heavy atom. The van der Waals surface area contributed by atoms with E-state index in [0.29, 0.717) is 17.6 Å². The van der Waals surface area contributed by atoms with Crippen LogP contribution in [0.4, 0.5) is 0 Å². The van der Waals surface area contributed by atoms with Crippen LogP contribution in [0.15, 0.2) is 138 Å². The van der Waals surface area contributed by atoms with Crippen LogP contribution in [0.2, 0.25) is 0 Å². The molecule has 0 spiro atoms. The van der Waals surface area contributed by atoms with E-state index in [1.165, 1.54) is 43.4 Å². The minimum atomic E-state index is 0.398. The summed E-state index contributed by atoms with van der Waals surface area (Å²) in [4.78, 5) is 14.1. The molecule has 0 saturated carbocycles. The Balaban J connectivity index is 1.20. The van der Waals surface area contributed by atoms with Gasteiger partial charge in [0.15, 0.2) is 11.6 Å². The standard InChI is InChI=1S/C42H29N3O/c1-25(2)31-21-28-15-17-33-32-11-4-3-8-26(32)14-18-35(33)40(28)36(23-31)27-9-7-10-29(20-27)41-43-24-44-42(45-41)30-16-19-39-37(22-30)34-12-5-6-13-38(34)46-39/h3-25H,1-2H3. The van der Waals surface area contributed by atoms with Gasteiger partial charge in [-0.2, -0.15) is 0 Å². The van der Waals surface area contributed by atoms with Crippen LogP contribution in [-0.4, -0.2) is 15.0 Å². The number of benzene rings is 7. The summed E-state index contributed by atoms with van der Waals surface area (Å²) in [5, 5.41) is 9.70. The average molecular weight is 592 g/mol. The SMILES string of the molecule is CC(C)c1cc(-c2cccc(-c3ncnc(-c4ccc5oc6ccccc6c5c4)n3)c2)c2c(ccc3c4ccccc4ccc32)c1. The van der Waals surface area contributed by atoms with Crippen molar-refractivity contribution in [3.8, 4) is 33.9 Å². The van der Waals surface area contributed by atoms with Gasteiger partial charge in [0.1, 0.15) is 17.5 Å². The lowest BCUT2D eigenvalue weighted by atomic mass is 9.88. The van der Waals surface area contributed by atoms with Crippen LogP contribution in [-0.2, 0) is 0 Å². The molecular weight excluding hydrogens is 562 g/mol. The van der Waals surface area contributed by atoms with Crippen molar-refractivity contribution in [3.63, 3.8) is 0 Å². The van der Waals surface area contributed by atoms with E-state index in [9.17, 15) is 0 Å². The van der Waals surface area contributed by atoms with Crippen molar-refractivity contribution in [2.24, 2.45) is 0 Å². The summed E-state index contributed by atoms with van der Waals surface area (Å²) < 4.78 is 6.04. The van der Waals surface area contributed by atoms with Crippen LogP contribution >= 0.6 is 0 Å². The number of hydrogen-bond acceptors (Lipinski definition) is 4. The smallest absolute Gasteiger partial charge is 0.163 e. The Morgan fingerprint density at radius 2 is 1.22 bits per heavy atom. The van der Waals surface area contributed by atoms with Gasteiger partial charge in [-0.25, -0.2) is 15.0 Å². The Bertz CT molecular complexity index is 2630. The average Bonchev–Trinajstić information content (AvgIpc) is 3.49. The molecule has 0 amide bonds. The maximum atomic E-state index is 6.04. The fourth-order valence-corrected chi connectivity index (χ4v) is 6.81. The topological polar surface area (TPSA) is 51.8 Å². The number of rotatable bonds is 4. The number of para-hydroxylation sites is 1. The van der Waals surface area contributed by atoms with Crippen molar-refractivity contribution in [2.75, 3.05) is 0 Å². The van der Waals surface area contributed by atoms with E-state index in [2.05, 4.69) is 121 Å². The third kappa shape index (κ3) is 4.26. The number of hydrogen-bond donors (Lipinski definition) is 0. The summed E-state index contributed by atoms with van der Waals surface area (Å²) >= 11 is 0. The molecule has 4 heteroatoms. The Labute approximate surface area is 266 Å². The first kappa shape index (κ1) is 26.5. The third-order valence-corrected chi connectivity index (χ3v) is 9.17. The fraction of sp³-hybridized carbons (Fsp3) is 0.0714. The van der Waals surface area contributed by atoms with Gasteiger partial charge >= 0.3 is 0 Å². The lowest BCUT2D eigenvalue weighted by Gasteiger charge is -2.16. The summed E-state index contributed by atoms with van der Waals surface area (Å²) in [6, 6.07) is 45.2. The first-order valence-corrected chi connectivity index (χ1v) is 15.7. The van der Waals surface area contributed by atoms with Gasteiger partial charge in [0, 0.05) is 21.9 Å². The highest BCUT2D eigenvalue weighted by Gasteiger charge is 2.15. The summed E-state index contributed by atoms with van der Waals surface area (Å²) in [5.41, 5.74) is 7.27. The molecular formula is C42H29N3O. The molecule has 46 heavy (non-hydrogen) atoms. The molecule has 7 aromatic carbocycles. The van der Waals surface area contributed by atoms with Gasteiger partial charge in [-0.3, -0.25) is 0 Å². The highest BCUT2D eigenvalue weighted by atomic mass is 16.3. The molecule has 2 heterocycles. The van der Waals surface area contributed by atoms with Crippen LogP contribution in [0.3, 0.4) is 0 Å². The van der Waals surface area contributed by atoms with Crippen molar-refractivity contribution in [2.45, 2.75) is 19.8 Å². The zero-order chi connectivity index (χ0) is 30.8. The second-order valence-corrected chi connectivity index (χ2v) is 12.3. The number of nitrogens with zero attached hydrogens (tertiary/aromatic N) is 3. The first-order chi connectivity index (χ1) is 22.6. The molecule has 0 atom stereocenters. The summed E-state index contributed by atoms with van der Waals surface area (Å²) in [6.07, 6.45) is 1.61. The van der Waals surface area contributed by atoms with Gasteiger partial charge in [-0.05, 0) is 85.3 Å². The van der Waals surface area contributed by atoms with Crippen LogP contribution < -0.4 is 0 Å². The Kier molecular flexibility index (Phi) is 5.97. The molecule has 0 fully saturated rings. The lowest BCUT2D eigenvalue weighted by Crippen LogP contribution is -1.96. The predicted octanol–water partition coefficient (Wildman–Crippen LogP) is 11.4. The maximum absolute atomic E-state index is 6.04. The second-order valence-electron chi connectivity index (χ2n) is 12.3. The molecule has 0 aliphatic carbocycles. The molecule has 0 unspecified atom stereocenters. The van der Waals surface area contributed by atoms with E-state index in [1.807, 2.05) is 30.3 Å². The van der Waals surface area contributed by atoms with Gasteiger partial charge in [0.2, 0.25) is 0 Å². The second kappa shape index (κ2) is 10.4. The molecule has 9 aromatic rings. The van der Waals surface area contributed by atoms with Gasteiger partial charge in [0.25, 0.3) is 0 Å². The van der Waals surface area contributed by atoms with E-state index in [0.717, 1.165) is 38.6 Å². The van der Waals surface area contributed by atoms with Crippen molar-refractivity contribution < 1.29 is 4.42 Å². The Hall–Kier alpha value is -5.87. The highest BCUT2D eigenvalue weighted by Crippen LogP contribution is 2.40. The lowest BCUT2D eigenvalue weighted by molar-refractivity contribution is 0.669. The predicted molar refractivity (Wildman–Crippen MR) is 190 cm³/mol. The minimum absolute atomic E-state index is 0.398. The molecule has 0 radical (unpaired) electrons. The fourth-order valence-electron chi connectivity index (χ4n) is 6.81. The number of fused-ring (bicyclic) bond motifs is 8. The van der Waals surface area contributed by atoms with E-state index in [1.54, 1.807) is 6.33 Å². The van der Waals surface area contributed by atoms with Crippen LogP contribution in [0.25, 0.3) is 88.2 Å². The van der Waals surface area contributed by atoms with E-state index >= 15 is 0 Å². The monoisotopic (exact) mass is 591 g/mol. The van der Waals surface area contributed by atoms with Gasteiger partial charge in [-0.1, -0.05) is 111 Å². The molecule has 0 aliphatic rings. The quantitative estimate of drug-likeness (QED) is 0.191. The van der Waals surface area contributed by atoms with Crippen molar-refractivity contribution in [3.05, 3.63) is 139 Å². The normalized spacial score (nSPS) is 11.9. The zero-order valence-corrected chi connectivity index (χ0v) is 25.5. The molecule has 0 saturated heterocycles. The van der Waals surface area contributed by atoms with Crippen LogP contribution in [0.5, 0.6) is 0 Å². The van der Waals surface area contributed by atoms with Gasteiger partial charge in [0.05, 0.1) is 0 Å². The largest absolute Gasteiger partial charge is 0.456 e. The van der Waals surface area contributed by atoms with Crippen LogP contribution in [0.1, 0.15) is 25.3 Å². The molecule has 218 valence electrons. The molecule has 2 aromatic heterocycles. The molecule has 9 rings (SSSR count). The highest BCUT2D eigenvalue weighted by molar-refractivity contribution is 6.21. The summed E-state index contributed by atoms with van der Waals surface area (Å²) in [7, 11) is 0. The van der Waals surface area contributed by atoms with Crippen LogP contribution in [0, 0.1) is 0 Å². The maximum Gasteiger partial charge on any atom is 0.163 e. The number of furan rings is 1. The summed E-state index contributed by atoms with van der Waals surface area (Å²) in [6.45, 7) is 4.51. The molecule has 0 aliphatic heterocycles. The van der Waals surface area contributed by atoms with E-state index in [-0.39, 0.29) is 0 Å². The first-order valence-electron chi connectivity index (χ1n) is 15.7. The molecule has 4 nitrogen and oxygen atoms in total.